The van der Waals surface area contributed by atoms with Crippen molar-refractivity contribution in [1.29, 1.82) is 0 Å². The van der Waals surface area contributed by atoms with Gasteiger partial charge in [0, 0.05) is 30.5 Å². The van der Waals surface area contributed by atoms with E-state index in [1.54, 1.807) is 26.2 Å². The molecule has 234 valence electrons. The van der Waals surface area contributed by atoms with Crippen LogP contribution in [0.2, 0.25) is 0 Å². The average Bonchev–Trinajstić information content (AvgIpc) is 3.63. The second kappa shape index (κ2) is 10.4. The van der Waals surface area contributed by atoms with Gasteiger partial charge in [0.15, 0.2) is 11.5 Å². The molecule has 1 aliphatic rings. The number of hydrogen-bond acceptors (Lipinski definition) is 9. The van der Waals surface area contributed by atoms with Gasteiger partial charge in [-0.2, -0.15) is 27.1 Å². The number of hydrogen-bond donors (Lipinski definition) is 3. The molecule has 11 nitrogen and oxygen atoms in total. The van der Waals surface area contributed by atoms with Crippen LogP contribution in [0.4, 0.5) is 33.6 Å². The number of aliphatic carboxylic acids is 1. The van der Waals surface area contributed by atoms with E-state index >= 15 is 0 Å². The highest BCUT2D eigenvalue weighted by molar-refractivity contribution is 7.10. The van der Waals surface area contributed by atoms with E-state index in [-0.39, 0.29) is 39.8 Å². The fraction of sp³-hybridized carbons (Fsp3) is 0.444. The standard InChI is InChI=1S/C27H27F5N8O3S/c1-5-13(24(2,3)23(42)43)14-11-44-22(35-14)25(4)15-17(33)36-19(37-18(15)38-21(25)41)16-12-7-6-9-34-20(12)40(39-16)10-8-26(28,29)27(30,31)32/h6-7,9,11,13H,5,8,10H2,1-4H3,(H,42,43)(H3,33,36,37,38,41). The average molecular weight is 639 g/mol. The zero-order valence-electron chi connectivity index (χ0n) is 23.8. The number of fused-ring (bicyclic) bond motifs is 2. The summed E-state index contributed by atoms with van der Waals surface area (Å²) >= 11 is 1.17. The predicted molar refractivity (Wildman–Crippen MR) is 150 cm³/mol. The molecule has 4 aromatic heterocycles. The van der Waals surface area contributed by atoms with E-state index in [9.17, 15) is 36.6 Å². The van der Waals surface area contributed by atoms with E-state index in [4.69, 9.17) is 5.73 Å². The number of halogens is 5. The Morgan fingerprint density at radius 1 is 1.20 bits per heavy atom. The van der Waals surface area contributed by atoms with Gasteiger partial charge in [-0.3, -0.25) is 9.59 Å². The van der Waals surface area contributed by atoms with Crippen molar-refractivity contribution in [2.45, 2.75) is 70.5 Å². The van der Waals surface area contributed by atoms with Crippen molar-refractivity contribution in [3.8, 4) is 11.5 Å². The van der Waals surface area contributed by atoms with Gasteiger partial charge in [0.05, 0.1) is 22.1 Å². The third-order valence-corrected chi connectivity index (χ3v) is 9.11. The normalized spacial score (nSPS) is 18.0. The molecule has 17 heteroatoms. The number of carboxylic acids is 1. The number of nitrogen functional groups attached to an aromatic ring is 1. The number of thiazole rings is 1. The summed E-state index contributed by atoms with van der Waals surface area (Å²) in [6.07, 6.45) is -5.47. The molecular formula is C27H27F5N8O3S. The van der Waals surface area contributed by atoms with Crippen LogP contribution < -0.4 is 11.1 Å². The van der Waals surface area contributed by atoms with Gasteiger partial charge >= 0.3 is 18.1 Å². The quantitative estimate of drug-likeness (QED) is 0.205. The second-order valence-electron chi connectivity index (χ2n) is 11.2. The van der Waals surface area contributed by atoms with Gasteiger partial charge in [-0.1, -0.05) is 6.92 Å². The maximum absolute atomic E-state index is 13.7. The molecule has 5 rings (SSSR count). The SMILES string of the molecule is CCC(c1csc(C2(C)C(=O)Nc3nc(-c4nn(CCC(F)(F)C(F)(F)F)c5ncccc45)nc(N)c32)n1)C(C)(C)C(=O)O. The fourth-order valence-corrected chi connectivity index (χ4v) is 6.39. The Labute approximate surface area is 250 Å². The summed E-state index contributed by atoms with van der Waals surface area (Å²) in [5.41, 5.74) is 4.61. The topological polar surface area (TPSA) is 162 Å². The van der Waals surface area contributed by atoms with Crippen molar-refractivity contribution in [2.24, 2.45) is 5.41 Å². The first-order valence-electron chi connectivity index (χ1n) is 13.4. The number of nitrogens with one attached hydrogen (secondary N) is 1. The van der Waals surface area contributed by atoms with Crippen molar-refractivity contribution >= 4 is 45.9 Å². The number of aryl methyl sites for hydroxylation is 1. The molecule has 1 aliphatic heterocycles. The van der Waals surface area contributed by atoms with E-state index in [0.717, 1.165) is 4.68 Å². The molecule has 0 spiro atoms. The number of nitrogens with zero attached hydrogens (tertiary/aromatic N) is 6. The van der Waals surface area contributed by atoms with Gasteiger partial charge in [0.25, 0.3) is 0 Å². The summed E-state index contributed by atoms with van der Waals surface area (Å²) in [5.74, 6) is -7.07. The number of nitrogens with two attached hydrogens (primary N) is 1. The van der Waals surface area contributed by atoms with E-state index in [0.29, 0.717) is 17.1 Å². The largest absolute Gasteiger partial charge is 0.481 e. The third-order valence-electron chi connectivity index (χ3n) is 8.03. The van der Waals surface area contributed by atoms with Crippen molar-refractivity contribution in [1.82, 2.24) is 29.7 Å². The van der Waals surface area contributed by atoms with E-state index in [2.05, 4.69) is 30.4 Å². The number of anilines is 2. The molecule has 4 aromatic rings. The fourth-order valence-electron chi connectivity index (χ4n) is 5.35. The molecule has 1 amide bonds. The first-order chi connectivity index (χ1) is 20.4. The number of rotatable bonds is 9. The van der Waals surface area contributed by atoms with Crippen LogP contribution in [0.25, 0.3) is 22.6 Å². The third kappa shape index (κ3) is 4.82. The highest BCUT2D eigenvalue weighted by atomic mass is 32.1. The van der Waals surface area contributed by atoms with Gasteiger partial charge in [-0.15, -0.1) is 11.3 Å². The van der Waals surface area contributed by atoms with Gasteiger partial charge in [-0.05, 0) is 39.3 Å². The number of alkyl halides is 5. The minimum Gasteiger partial charge on any atom is -0.481 e. The highest BCUT2D eigenvalue weighted by Gasteiger charge is 2.57. The van der Waals surface area contributed by atoms with Gasteiger partial charge in [-0.25, -0.2) is 24.6 Å². The molecule has 5 heterocycles. The molecule has 0 fully saturated rings. The molecule has 44 heavy (non-hydrogen) atoms. The minimum atomic E-state index is -5.73. The lowest BCUT2D eigenvalue weighted by molar-refractivity contribution is -0.285. The van der Waals surface area contributed by atoms with E-state index in [1.165, 1.54) is 29.7 Å². The summed E-state index contributed by atoms with van der Waals surface area (Å²) in [6.45, 7) is 5.85. The van der Waals surface area contributed by atoms with Crippen molar-refractivity contribution in [2.75, 3.05) is 11.1 Å². The summed E-state index contributed by atoms with van der Waals surface area (Å²) in [5, 5.41) is 19.0. The Morgan fingerprint density at radius 3 is 2.55 bits per heavy atom. The Bertz CT molecular complexity index is 1790. The van der Waals surface area contributed by atoms with Crippen molar-refractivity contribution in [3.05, 3.63) is 40.0 Å². The Hall–Kier alpha value is -4.28. The van der Waals surface area contributed by atoms with Crippen LogP contribution in [0.5, 0.6) is 0 Å². The molecule has 0 saturated carbocycles. The minimum absolute atomic E-state index is 0.0130. The van der Waals surface area contributed by atoms with Gasteiger partial charge < -0.3 is 16.2 Å². The maximum Gasteiger partial charge on any atom is 0.453 e. The molecule has 0 bridgehead atoms. The number of carbonyl (C=O) groups excluding carboxylic acids is 1. The summed E-state index contributed by atoms with van der Waals surface area (Å²) in [6, 6.07) is 3.05. The Morgan fingerprint density at radius 2 is 1.91 bits per heavy atom. The monoisotopic (exact) mass is 638 g/mol. The highest BCUT2D eigenvalue weighted by Crippen LogP contribution is 2.48. The molecule has 2 atom stereocenters. The van der Waals surface area contributed by atoms with Crippen LogP contribution in [0, 0.1) is 5.41 Å². The van der Waals surface area contributed by atoms with Crippen molar-refractivity contribution < 1.29 is 36.6 Å². The zero-order valence-corrected chi connectivity index (χ0v) is 24.6. The van der Waals surface area contributed by atoms with Gasteiger partial charge in [0.1, 0.15) is 27.8 Å². The number of aromatic nitrogens is 6. The van der Waals surface area contributed by atoms with E-state index < -0.39 is 53.7 Å². The maximum atomic E-state index is 13.7. The number of amides is 1. The lowest BCUT2D eigenvalue weighted by Crippen LogP contribution is -2.37. The second-order valence-corrected chi connectivity index (χ2v) is 12.1. The summed E-state index contributed by atoms with van der Waals surface area (Å²) in [7, 11) is 0. The van der Waals surface area contributed by atoms with Crippen LogP contribution >= 0.6 is 11.3 Å². The Kier molecular flexibility index (Phi) is 7.38. The van der Waals surface area contributed by atoms with Crippen LogP contribution in [0.3, 0.4) is 0 Å². The Balaban J connectivity index is 1.54. The molecule has 0 aliphatic carbocycles. The first kappa shape index (κ1) is 31.2. The smallest absolute Gasteiger partial charge is 0.453 e. The number of pyridine rings is 1. The summed E-state index contributed by atoms with van der Waals surface area (Å²) in [4.78, 5) is 42.9. The van der Waals surface area contributed by atoms with Crippen LogP contribution in [-0.2, 0) is 21.5 Å². The predicted octanol–water partition coefficient (Wildman–Crippen LogP) is 5.38. The molecule has 0 radical (unpaired) electrons. The van der Waals surface area contributed by atoms with Crippen molar-refractivity contribution in [3.63, 3.8) is 0 Å². The zero-order chi connectivity index (χ0) is 32.4. The molecule has 0 saturated heterocycles. The molecular weight excluding hydrogens is 611 g/mol. The van der Waals surface area contributed by atoms with Crippen LogP contribution in [0.15, 0.2) is 23.7 Å². The molecule has 0 aromatic carbocycles. The molecule has 2 unspecified atom stereocenters. The van der Waals surface area contributed by atoms with E-state index in [1.807, 2.05) is 6.92 Å². The van der Waals surface area contributed by atoms with Crippen LogP contribution in [0.1, 0.15) is 62.7 Å². The molecule has 4 N–H and O–H groups in total. The lowest BCUT2D eigenvalue weighted by atomic mass is 9.75. The lowest BCUT2D eigenvalue weighted by Gasteiger charge is -2.28. The van der Waals surface area contributed by atoms with Crippen LogP contribution in [-0.4, -0.2) is 58.8 Å². The number of carboxylic acid groups (broad SMARTS) is 1. The first-order valence-corrected chi connectivity index (χ1v) is 14.3. The summed E-state index contributed by atoms with van der Waals surface area (Å²) < 4.78 is 66.5. The number of carbonyl (C=O) groups is 2. The van der Waals surface area contributed by atoms with Gasteiger partial charge in [0.2, 0.25) is 5.91 Å².